The van der Waals surface area contributed by atoms with Gasteiger partial charge in [0.05, 0.1) is 5.02 Å². The number of hydrogen-bond donors (Lipinski definition) is 1. The summed E-state index contributed by atoms with van der Waals surface area (Å²) in [6.45, 7) is 1.00. The van der Waals surface area contributed by atoms with E-state index >= 15 is 0 Å². The Labute approximate surface area is 124 Å². The summed E-state index contributed by atoms with van der Waals surface area (Å²) in [7, 11) is 0. The highest BCUT2D eigenvalue weighted by atomic mass is 79.9. The number of anilines is 1. The molecule has 0 radical (unpaired) electrons. The van der Waals surface area contributed by atoms with E-state index in [-0.39, 0.29) is 0 Å². The maximum Gasteiger partial charge on any atom is 0.231 e. The third kappa shape index (κ3) is 2.80. The highest BCUT2D eigenvalue weighted by molar-refractivity contribution is 9.10. The van der Waals surface area contributed by atoms with Gasteiger partial charge in [-0.05, 0) is 51.8 Å². The number of ether oxygens (including phenoxy) is 2. The van der Waals surface area contributed by atoms with Crippen molar-refractivity contribution in [3.63, 3.8) is 0 Å². The van der Waals surface area contributed by atoms with E-state index in [1.165, 1.54) is 0 Å². The highest BCUT2D eigenvalue weighted by Gasteiger charge is 2.12. The molecule has 0 bridgehead atoms. The molecule has 0 fully saturated rings. The van der Waals surface area contributed by atoms with Crippen molar-refractivity contribution in [3.05, 3.63) is 51.5 Å². The Morgan fingerprint density at radius 2 is 1.95 bits per heavy atom. The number of benzene rings is 2. The maximum absolute atomic E-state index is 6.05. The molecule has 1 N–H and O–H groups in total. The first-order valence-corrected chi connectivity index (χ1v) is 6.97. The molecule has 3 nitrogen and oxygen atoms in total. The third-order valence-electron chi connectivity index (χ3n) is 2.85. The zero-order chi connectivity index (χ0) is 13.2. The van der Waals surface area contributed by atoms with E-state index in [1.807, 2.05) is 36.4 Å². The monoisotopic (exact) mass is 339 g/mol. The van der Waals surface area contributed by atoms with Crippen molar-refractivity contribution in [1.29, 1.82) is 0 Å². The second kappa shape index (κ2) is 5.31. The Balaban J connectivity index is 1.70. The minimum absolute atomic E-state index is 0.300. The summed E-state index contributed by atoms with van der Waals surface area (Å²) < 4.78 is 11.5. The third-order valence-corrected chi connectivity index (χ3v) is 4.09. The van der Waals surface area contributed by atoms with E-state index in [1.54, 1.807) is 0 Å². The Kier molecular flexibility index (Phi) is 3.53. The number of rotatable bonds is 3. The first kappa shape index (κ1) is 12.6. The van der Waals surface area contributed by atoms with Crippen molar-refractivity contribution in [2.45, 2.75) is 6.54 Å². The molecule has 1 aliphatic heterocycles. The minimum atomic E-state index is 0.300. The summed E-state index contributed by atoms with van der Waals surface area (Å²) in [4.78, 5) is 0. The zero-order valence-corrected chi connectivity index (χ0v) is 12.3. The van der Waals surface area contributed by atoms with E-state index in [0.29, 0.717) is 18.4 Å². The molecule has 0 saturated heterocycles. The fourth-order valence-corrected chi connectivity index (χ4v) is 2.29. The van der Waals surface area contributed by atoms with Gasteiger partial charge in [-0.15, -0.1) is 0 Å². The van der Waals surface area contributed by atoms with Crippen LogP contribution in [0.1, 0.15) is 5.56 Å². The number of nitrogens with one attached hydrogen (secondary N) is 1. The summed E-state index contributed by atoms with van der Waals surface area (Å²) in [6.07, 6.45) is 0. The zero-order valence-electron chi connectivity index (χ0n) is 9.95. The van der Waals surface area contributed by atoms with Gasteiger partial charge in [0.2, 0.25) is 6.79 Å². The second-order valence-corrected chi connectivity index (χ2v) is 5.43. The van der Waals surface area contributed by atoms with Gasteiger partial charge in [0.25, 0.3) is 0 Å². The van der Waals surface area contributed by atoms with Crippen molar-refractivity contribution < 1.29 is 9.47 Å². The molecule has 2 aromatic rings. The van der Waals surface area contributed by atoms with Crippen LogP contribution >= 0.6 is 27.5 Å². The minimum Gasteiger partial charge on any atom is -0.454 e. The van der Waals surface area contributed by atoms with E-state index in [0.717, 1.165) is 27.2 Å². The Morgan fingerprint density at radius 1 is 1.11 bits per heavy atom. The summed E-state index contributed by atoms with van der Waals surface area (Å²) >= 11 is 9.42. The Hall–Kier alpha value is -1.39. The lowest BCUT2D eigenvalue weighted by Gasteiger charge is -2.08. The SMILES string of the molecule is Clc1cc(NCc2ccc3c(c2)OCO3)ccc1Br. The standard InChI is InChI=1S/C14H11BrClNO2/c15-11-3-2-10(6-12(11)16)17-7-9-1-4-13-14(5-9)19-8-18-13/h1-6,17H,7-8H2. The van der Waals surface area contributed by atoms with E-state index in [2.05, 4.69) is 21.2 Å². The molecular weight excluding hydrogens is 330 g/mol. The van der Waals surface area contributed by atoms with Gasteiger partial charge < -0.3 is 14.8 Å². The van der Waals surface area contributed by atoms with Gasteiger partial charge in [-0.2, -0.15) is 0 Å². The number of hydrogen-bond acceptors (Lipinski definition) is 3. The molecule has 0 aliphatic carbocycles. The van der Waals surface area contributed by atoms with Crippen molar-refractivity contribution in [3.8, 4) is 11.5 Å². The molecule has 1 heterocycles. The first-order chi connectivity index (χ1) is 9.22. The molecule has 0 aromatic heterocycles. The summed E-state index contributed by atoms with van der Waals surface area (Å²) in [5.41, 5.74) is 2.11. The van der Waals surface area contributed by atoms with Crippen LogP contribution in [0.5, 0.6) is 11.5 Å². The molecule has 0 atom stereocenters. The van der Waals surface area contributed by atoms with Gasteiger partial charge in [0.15, 0.2) is 11.5 Å². The van der Waals surface area contributed by atoms with Gasteiger partial charge in [0, 0.05) is 16.7 Å². The molecular formula is C14H11BrClNO2. The summed E-state index contributed by atoms with van der Waals surface area (Å²) in [5.74, 6) is 1.60. The normalized spacial score (nSPS) is 12.5. The fraction of sp³-hybridized carbons (Fsp3) is 0.143. The molecule has 0 saturated carbocycles. The van der Waals surface area contributed by atoms with Gasteiger partial charge in [-0.3, -0.25) is 0 Å². The van der Waals surface area contributed by atoms with Crippen LogP contribution in [0.2, 0.25) is 5.02 Å². The largest absolute Gasteiger partial charge is 0.454 e. The van der Waals surface area contributed by atoms with Gasteiger partial charge in [-0.1, -0.05) is 17.7 Å². The number of halogens is 2. The smallest absolute Gasteiger partial charge is 0.231 e. The predicted octanol–water partition coefficient (Wildman–Crippen LogP) is 4.44. The second-order valence-electron chi connectivity index (χ2n) is 4.17. The van der Waals surface area contributed by atoms with Crippen LogP contribution in [0.4, 0.5) is 5.69 Å². The Morgan fingerprint density at radius 3 is 2.79 bits per heavy atom. The van der Waals surface area contributed by atoms with E-state index < -0.39 is 0 Å². The molecule has 0 unspecified atom stereocenters. The molecule has 2 aromatic carbocycles. The fourth-order valence-electron chi connectivity index (χ4n) is 1.86. The lowest BCUT2D eigenvalue weighted by Crippen LogP contribution is -1.99. The molecule has 1 aliphatic rings. The average molecular weight is 341 g/mol. The van der Waals surface area contributed by atoms with Crippen LogP contribution in [0.15, 0.2) is 40.9 Å². The molecule has 0 amide bonds. The van der Waals surface area contributed by atoms with Crippen LogP contribution in [-0.4, -0.2) is 6.79 Å². The molecule has 3 rings (SSSR count). The van der Waals surface area contributed by atoms with Crippen LogP contribution in [0.3, 0.4) is 0 Å². The average Bonchev–Trinajstić information content (AvgIpc) is 2.87. The predicted molar refractivity (Wildman–Crippen MR) is 79.0 cm³/mol. The first-order valence-electron chi connectivity index (χ1n) is 5.80. The van der Waals surface area contributed by atoms with Crippen molar-refractivity contribution in [2.75, 3.05) is 12.1 Å². The summed E-state index contributed by atoms with van der Waals surface area (Å²) in [6, 6.07) is 11.7. The maximum atomic E-state index is 6.05. The molecule has 19 heavy (non-hydrogen) atoms. The molecule has 5 heteroatoms. The number of fused-ring (bicyclic) bond motifs is 1. The van der Waals surface area contributed by atoms with E-state index in [4.69, 9.17) is 21.1 Å². The van der Waals surface area contributed by atoms with Crippen molar-refractivity contribution in [1.82, 2.24) is 0 Å². The van der Waals surface area contributed by atoms with Gasteiger partial charge in [-0.25, -0.2) is 0 Å². The van der Waals surface area contributed by atoms with E-state index in [9.17, 15) is 0 Å². The lowest BCUT2D eigenvalue weighted by atomic mass is 10.2. The van der Waals surface area contributed by atoms with Crippen LogP contribution in [0.25, 0.3) is 0 Å². The van der Waals surface area contributed by atoms with Crippen LogP contribution < -0.4 is 14.8 Å². The quantitative estimate of drug-likeness (QED) is 0.896. The molecule has 98 valence electrons. The topological polar surface area (TPSA) is 30.5 Å². The lowest BCUT2D eigenvalue weighted by molar-refractivity contribution is 0.174. The highest BCUT2D eigenvalue weighted by Crippen LogP contribution is 2.33. The van der Waals surface area contributed by atoms with Crippen molar-refractivity contribution >= 4 is 33.2 Å². The Bertz CT molecular complexity index is 618. The van der Waals surface area contributed by atoms with Crippen LogP contribution in [0, 0.1) is 0 Å². The molecule has 0 spiro atoms. The van der Waals surface area contributed by atoms with Crippen molar-refractivity contribution in [2.24, 2.45) is 0 Å². The summed E-state index contributed by atoms with van der Waals surface area (Å²) in [5, 5.41) is 4.01. The van der Waals surface area contributed by atoms with Crippen LogP contribution in [-0.2, 0) is 6.54 Å². The van der Waals surface area contributed by atoms with Gasteiger partial charge >= 0.3 is 0 Å². The van der Waals surface area contributed by atoms with Gasteiger partial charge in [0.1, 0.15) is 0 Å².